The first kappa shape index (κ1) is 9.04. The van der Waals surface area contributed by atoms with E-state index in [1.54, 1.807) is 7.11 Å². The van der Waals surface area contributed by atoms with Crippen LogP contribution in [0.2, 0.25) is 0 Å². The van der Waals surface area contributed by atoms with E-state index in [-0.39, 0.29) is 0 Å². The van der Waals surface area contributed by atoms with Crippen molar-refractivity contribution in [3.63, 3.8) is 0 Å². The number of ether oxygens (including phenoxy) is 1. The summed E-state index contributed by atoms with van der Waals surface area (Å²) in [4.78, 5) is 0. The van der Waals surface area contributed by atoms with E-state index in [4.69, 9.17) is 16.3 Å². The smallest absolute Gasteiger partial charge is 0.156 e. The molecule has 11 heavy (non-hydrogen) atoms. The van der Waals surface area contributed by atoms with E-state index in [1.165, 1.54) is 0 Å². The Morgan fingerprint density at radius 2 is 2.36 bits per heavy atom. The van der Waals surface area contributed by atoms with Crippen LogP contribution < -0.4 is 0 Å². The molecule has 0 aromatic heterocycles. The number of rotatable bonds is 2. The normalized spacial score (nSPS) is 13.0. The first-order valence-corrected chi connectivity index (χ1v) is 4.31. The van der Waals surface area contributed by atoms with E-state index in [0.717, 1.165) is 10.0 Å². The molecule has 0 spiro atoms. The highest BCUT2D eigenvalue weighted by atomic mass is 79.9. The zero-order valence-electron chi connectivity index (χ0n) is 5.97. The Hall–Kier alpha value is -0.0500. The minimum Gasteiger partial charge on any atom is -0.361 e. The summed E-state index contributed by atoms with van der Waals surface area (Å²) >= 11 is 9.08. The predicted octanol–water partition coefficient (Wildman–Crippen LogP) is 3.13. The fourth-order valence-electron chi connectivity index (χ4n) is 0.686. The van der Waals surface area contributed by atoms with Crippen molar-refractivity contribution in [3.8, 4) is 0 Å². The summed E-state index contributed by atoms with van der Waals surface area (Å²) in [5, 5.41) is 0. The summed E-state index contributed by atoms with van der Waals surface area (Å²) in [7, 11) is 1.56. The van der Waals surface area contributed by atoms with Crippen LogP contribution in [0.25, 0.3) is 0 Å². The van der Waals surface area contributed by atoms with Crippen molar-refractivity contribution in [2.45, 2.75) is 5.56 Å². The van der Waals surface area contributed by atoms with Crippen LogP contribution in [-0.4, -0.2) is 7.11 Å². The standard InChI is InChI=1S/C8H7BrClO/c1-11-8(10)6-2-4-7(9)5-3-6/h2,4-5,8H,1H3. The first-order valence-electron chi connectivity index (χ1n) is 3.08. The number of hydrogen-bond acceptors (Lipinski definition) is 1. The number of halogens is 2. The van der Waals surface area contributed by atoms with Gasteiger partial charge in [0.05, 0.1) is 0 Å². The quantitative estimate of drug-likeness (QED) is 0.715. The van der Waals surface area contributed by atoms with E-state index in [2.05, 4.69) is 22.0 Å². The molecular formula is C8H7BrClO. The van der Waals surface area contributed by atoms with Gasteiger partial charge in [0.25, 0.3) is 0 Å². The minimum atomic E-state index is -0.400. The minimum absolute atomic E-state index is 0.400. The van der Waals surface area contributed by atoms with Crippen molar-refractivity contribution in [2.75, 3.05) is 7.11 Å². The molecule has 0 amide bonds. The van der Waals surface area contributed by atoms with E-state index < -0.39 is 5.56 Å². The van der Waals surface area contributed by atoms with Gasteiger partial charge in [-0.05, 0) is 18.2 Å². The number of benzene rings is 1. The summed E-state index contributed by atoms with van der Waals surface area (Å²) in [6.07, 6.45) is 0. The SMILES string of the molecule is COC(Cl)c1[c]cc(Br)cc1. The highest BCUT2D eigenvalue weighted by Crippen LogP contribution is 2.21. The monoisotopic (exact) mass is 233 g/mol. The highest BCUT2D eigenvalue weighted by Gasteiger charge is 2.04. The Labute approximate surface area is 79.4 Å². The van der Waals surface area contributed by atoms with E-state index in [9.17, 15) is 0 Å². The molecule has 0 N–H and O–H groups in total. The second-order valence-electron chi connectivity index (χ2n) is 2.01. The Balaban J connectivity index is 2.81. The van der Waals surface area contributed by atoms with E-state index in [0.29, 0.717) is 0 Å². The summed E-state index contributed by atoms with van der Waals surface area (Å²) < 4.78 is 5.88. The molecule has 0 saturated carbocycles. The molecule has 1 radical (unpaired) electrons. The molecular weight excluding hydrogens is 227 g/mol. The van der Waals surface area contributed by atoms with Crippen LogP contribution in [0.5, 0.6) is 0 Å². The molecule has 0 aliphatic heterocycles. The third kappa shape index (κ3) is 2.47. The van der Waals surface area contributed by atoms with Gasteiger partial charge in [-0.25, -0.2) is 0 Å². The van der Waals surface area contributed by atoms with Crippen molar-refractivity contribution in [1.82, 2.24) is 0 Å². The summed E-state index contributed by atoms with van der Waals surface area (Å²) in [5.74, 6) is 0. The molecule has 1 rings (SSSR count). The molecule has 0 saturated heterocycles. The van der Waals surface area contributed by atoms with Crippen LogP contribution in [0.4, 0.5) is 0 Å². The second kappa shape index (κ2) is 4.10. The Bertz CT molecular complexity index is 222. The summed E-state index contributed by atoms with van der Waals surface area (Å²) in [5.41, 5.74) is 0.445. The van der Waals surface area contributed by atoms with Gasteiger partial charge in [-0.3, -0.25) is 0 Å². The largest absolute Gasteiger partial charge is 0.361 e. The number of alkyl halides is 1. The summed E-state index contributed by atoms with van der Waals surface area (Å²) in [6.45, 7) is 0. The molecule has 0 aliphatic rings. The first-order chi connectivity index (χ1) is 5.24. The summed E-state index contributed by atoms with van der Waals surface area (Å²) in [6, 6.07) is 8.56. The van der Waals surface area contributed by atoms with Crippen LogP contribution in [0.15, 0.2) is 22.7 Å². The Kier molecular flexibility index (Phi) is 3.37. The molecule has 3 heteroatoms. The van der Waals surface area contributed by atoms with Crippen LogP contribution >= 0.6 is 27.5 Å². The average molecular weight is 234 g/mol. The predicted molar refractivity (Wildman–Crippen MR) is 48.6 cm³/mol. The van der Waals surface area contributed by atoms with Gasteiger partial charge in [-0.1, -0.05) is 33.6 Å². The van der Waals surface area contributed by atoms with Crippen LogP contribution in [0.3, 0.4) is 0 Å². The van der Waals surface area contributed by atoms with Gasteiger partial charge in [0.1, 0.15) is 0 Å². The van der Waals surface area contributed by atoms with E-state index >= 15 is 0 Å². The molecule has 1 aromatic carbocycles. The molecule has 1 atom stereocenters. The van der Waals surface area contributed by atoms with Crippen LogP contribution in [0, 0.1) is 6.07 Å². The fraction of sp³-hybridized carbons (Fsp3) is 0.250. The molecule has 1 aromatic rings. The number of methoxy groups -OCH3 is 1. The molecule has 59 valence electrons. The van der Waals surface area contributed by atoms with Gasteiger partial charge >= 0.3 is 0 Å². The maximum atomic E-state index is 5.77. The lowest BCUT2D eigenvalue weighted by Gasteiger charge is -2.05. The zero-order valence-corrected chi connectivity index (χ0v) is 8.32. The third-order valence-electron chi connectivity index (χ3n) is 1.25. The van der Waals surface area contributed by atoms with Gasteiger partial charge in [0.15, 0.2) is 5.56 Å². The molecule has 1 nitrogen and oxygen atoms in total. The lowest BCUT2D eigenvalue weighted by atomic mass is 10.2. The molecule has 0 bridgehead atoms. The Morgan fingerprint density at radius 3 is 2.82 bits per heavy atom. The Morgan fingerprint density at radius 1 is 1.64 bits per heavy atom. The van der Waals surface area contributed by atoms with Crippen molar-refractivity contribution in [2.24, 2.45) is 0 Å². The molecule has 1 unspecified atom stereocenters. The molecule has 0 heterocycles. The molecule has 0 aliphatic carbocycles. The topological polar surface area (TPSA) is 9.23 Å². The third-order valence-corrected chi connectivity index (χ3v) is 2.16. The van der Waals surface area contributed by atoms with Crippen molar-refractivity contribution in [3.05, 3.63) is 34.3 Å². The van der Waals surface area contributed by atoms with Crippen LogP contribution in [0.1, 0.15) is 11.1 Å². The maximum Gasteiger partial charge on any atom is 0.156 e. The number of hydrogen-bond donors (Lipinski definition) is 0. The zero-order chi connectivity index (χ0) is 8.27. The highest BCUT2D eigenvalue weighted by molar-refractivity contribution is 9.10. The van der Waals surface area contributed by atoms with Gasteiger partial charge in [-0.2, -0.15) is 0 Å². The average Bonchev–Trinajstić information content (AvgIpc) is 2.05. The van der Waals surface area contributed by atoms with Gasteiger partial charge in [-0.15, -0.1) is 0 Å². The fourth-order valence-corrected chi connectivity index (χ4v) is 1.07. The second-order valence-corrected chi connectivity index (χ2v) is 3.33. The van der Waals surface area contributed by atoms with Crippen LogP contribution in [-0.2, 0) is 4.74 Å². The lowest BCUT2D eigenvalue weighted by molar-refractivity contribution is 0.169. The lowest BCUT2D eigenvalue weighted by Crippen LogP contribution is -1.91. The molecule has 0 fully saturated rings. The van der Waals surface area contributed by atoms with Crippen molar-refractivity contribution in [1.29, 1.82) is 0 Å². The van der Waals surface area contributed by atoms with Gasteiger partial charge in [0, 0.05) is 17.1 Å². The van der Waals surface area contributed by atoms with Crippen molar-refractivity contribution >= 4 is 27.5 Å². The van der Waals surface area contributed by atoms with Gasteiger partial charge in [0.2, 0.25) is 0 Å². The van der Waals surface area contributed by atoms with Crippen molar-refractivity contribution < 1.29 is 4.74 Å². The maximum absolute atomic E-state index is 5.77. The van der Waals surface area contributed by atoms with Gasteiger partial charge < -0.3 is 4.74 Å². The van der Waals surface area contributed by atoms with E-state index in [1.807, 2.05) is 18.2 Å².